The van der Waals surface area contributed by atoms with Gasteiger partial charge in [0.2, 0.25) is 5.78 Å². The van der Waals surface area contributed by atoms with Crippen molar-refractivity contribution in [3.63, 3.8) is 0 Å². The molecule has 0 spiro atoms. The van der Waals surface area contributed by atoms with Crippen molar-refractivity contribution >= 4 is 33.7 Å². The van der Waals surface area contributed by atoms with Gasteiger partial charge < -0.3 is 15.8 Å². The summed E-state index contributed by atoms with van der Waals surface area (Å²) in [5.41, 5.74) is 11.0. The van der Waals surface area contributed by atoms with E-state index in [9.17, 15) is 9.90 Å². The molecule has 0 atom stereocenters. The summed E-state index contributed by atoms with van der Waals surface area (Å²) in [7, 11) is 0. The van der Waals surface area contributed by atoms with Crippen LogP contribution < -0.4 is 5.73 Å². The minimum Gasteiger partial charge on any atom is -0.508 e. The molecule has 0 aliphatic carbocycles. The molecule has 0 unspecified atom stereocenters. The number of aromatic nitrogens is 5. The number of aromatic hydroxyl groups is 1. The number of H-pyrrole nitrogens is 1. The maximum absolute atomic E-state index is 13.5. The van der Waals surface area contributed by atoms with Gasteiger partial charge in [0, 0.05) is 29.5 Å². The molecule has 4 heterocycles. The third kappa shape index (κ3) is 2.47. The van der Waals surface area contributed by atoms with Crippen LogP contribution >= 0.6 is 0 Å². The number of nitrogens with zero attached hydrogens (tertiary/aromatic N) is 4. The normalized spacial score (nSPS) is 11.4. The second-order valence-corrected chi connectivity index (χ2v) is 7.17. The monoisotopic (exact) mass is 398 g/mol. The largest absolute Gasteiger partial charge is 0.508 e. The molecule has 148 valence electrons. The third-order valence-corrected chi connectivity index (χ3v) is 5.35. The Bertz CT molecular complexity index is 1430. The zero-order valence-electron chi connectivity index (χ0n) is 16.3. The van der Waals surface area contributed by atoms with Crippen LogP contribution in [-0.4, -0.2) is 35.4 Å². The first kappa shape index (κ1) is 17.9. The van der Waals surface area contributed by atoms with E-state index in [-0.39, 0.29) is 22.9 Å². The number of nitrogens with two attached hydrogens (primary N) is 1. The zero-order chi connectivity index (χ0) is 21.0. The fraction of sp³-hybridized carbons (Fsp3) is 0.0909. The Morgan fingerprint density at radius 2 is 1.93 bits per heavy atom. The maximum atomic E-state index is 13.5. The van der Waals surface area contributed by atoms with Crippen molar-refractivity contribution in [3.8, 4) is 11.4 Å². The molecule has 0 saturated heterocycles. The number of ketones is 1. The standard InChI is InChI=1S/C22H18N6O2/c1-11-3-4-16(29)12(2)19(11)28-21(23)17(18-22(28)26-8-7-25-18)20(30)14-9-13-5-6-24-10-15(13)27-14/h3-10,27,29H,23H2,1-2H3. The predicted molar refractivity (Wildman–Crippen MR) is 114 cm³/mol. The number of anilines is 1. The van der Waals surface area contributed by atoms with Crippen LogP contribution in [0.5, 0.6) is 5.75 Å². The van der Waals surface area contributed by atoms with Gasteiger partial charge in [-0.1, -0.05) is 6.07 Å². The number of hydrogen-bond acceptors (Lipinski definition) is 6. The summed E-state index contributed by atoms with van der Waals surface area (Å²) in [5.74, 6) is 0.0647. The van der Waals surface area contributed by atoms with E-state index in [2.05, 4.69) is 19.9 Å². The van der Waals surface area contributed by atoms with Crippen molar-refractivity contribution in [1.29, 1.82) is 0 Å². The van der Waals surface area contributed by atoms with E-state index in [1.165, 1.54) is 6.20 Å². The molecule has 0 aliphatic heterocycles. The van der Waals surface area contributed by atoms with Crippen LogP contribution in [0.15, 0.2) is 49.1 Å². The highest BCUT2D eigenvalue weighted by Gasteiger charge is 2.27. The van der Waals surface area contributed by atoms with E-state index in [4.69, 9.17) is 5.73 Å². The number of pyridine rings is 1. The van der Waals surface area contributed by atoms with E-state index < -0.39 is 0 Å². The van der Waals surface area contributed by atoms with Crippen LogP contribution in [0.1, 0.15) is 27.2 Å². The highest BCUT2D eigenvalue weighted by molar-refractivity contribution is 6.19. The molecular formula is C22H18N6O2. The molecule has 0 saturated carbocycles. The molecule has 8 heteroatoms. The topological polar surface area (TPSA) is 123 Å². The van der Waals surface area contributed by atoms with Crippen molar-refractivity contribution in [1.82, 2.24) is 24.5 Å². The number of fused-ring (bicyclic) bond motifs is 2. The minimum atomic E-state index is -0.289. The first-order valence-electron chi connectivity index (χ1n) is 9.35. The molecule has 0 bridgehead atoms. The number of rotatable bonds is 3. The van der Waals surface area contributed by atoms with Gasteiger partial charge in [0.25, 0.3) is 0 Å². The van der Waals surface area contributed by atoms with Gasteiger partial charge in [-0.3, -0.25) is 19.3 Å². The summed E-state index contributed by atoms with van der Waals surface area (Å²) in [6.45, 7) is 3.71. The SMILES string of the molecule is Cc1ccc(O)c(C)c1-n1c(N)c(C(=O)c2cc3ccncc3[nH]2)c2nccnc21. The van der Waals surface area contributed by atoms with Gasteiger partial charge in [-0.25, -0.2) is 4.98 Å². The van der Waals surface area contributed by atoms with Gasteiger partial charge >= 0.3 is 0 Å². The number of nitrogens with one attached hydrogen (secondary N) is 1. The lowest BCUT2D eigenvalue weighted by atomic mass is 10.1. The number of benzene rings is 1. The van der Waals surface area contributed by atoms with Crippen LogP contribution in [0.25, 0.3) is 27.8 Å². The number of carbonyl (C=O) groups excluding carboxylic acids is 1. The molecule has 0 radical (unpaired) electrons. The summed E-state index contributed by atoms with van der Waals surface area (Å²) in [5, 5.41) is 11.1. The highest BCUT2D eigenvalue weighted by atomic mass is 16.3. The molecule has 5 aromatic rings. The summed E-state index contributed by atoms with van der Waals surface area (Å²) < 4.78 is 1.68. The fourth-order valence-electron chi connectivity index (χ4n) is 3.87. The van der Waals surface area contributed by atoms with Gasteiger partial charge in [-0.15, -0.1) is 0 Å². The van der Waals surface area contributed by atoms with E-state index in [1.54, 1.807) is 48.3 Å². The van der Waals surface area contributed by atoms with Crippen LogP contribution in [0, 0.1) is 13.8 Å². The van der Waals surface area contributed by atoms with E-state index >= 15 is 0 Å². The Morgan fingerprint density at radius 1 is 1.13 bits per heavy atom. The highest BCUT2D eigenvalue weighted by Crippen LogP contribution is 2.35. The third-order valence-electron chi connectivity index (χ3n) is 5.35. The smallest absolute Gasteiger partial charge is 0.215 e. The Labute approximate surface area is 171 Å². The average molecular weight is 398 g/mol. The molecule has 1 aromatic carbocycles. The quantitative estimate of drug-likeness (QED) is 0.400. The fourth-order valence-corrected chi connectivity index (χ4v) is 3.87. The van der Waals surface area contributed by atoms with Gasteiger partial charge in [0.05, 0.1) is 28.7 Å². The van der Waals surface area contributed by atoms with Crippen molar-refractivity contribution in [2.45, 2.75) is 13.8 Å². The number of hydrogen-bond donors (Lipinski definition) is 3. The van der Waals surface area contributed by atoms with E-state index in [0.717, 1.165) is 16.5 Å². The summed E-state index contributed by atoms with van der Waals surface area (Å²) in [4.78, 5) is 29.5. The van der Waals surface area contributed by atoms with Gasteiger partial charge in [-0.2, -0.15) is 0 Å². The van der Waals surface area contributed by atoms with Crippen LogP contribution in [0.2, 0.25) is 0 Å². The molecule has 0 aliphatic rings. The number of phenolic OH excluding ortho intramolecular Hbond substituents is 1. The Hall–Kier alpha value is -4.20. The van der Waals surface area contributed by atoms with Gasteiger partial charge in [-0.05, 0) is 37.6 Å². The predicted octanol–water partition coefficient (Wildman–Crippen LogP) is 3.43. The van der Waals surface area contributed by atoms with Gasteiger partial charge in [0.1, 0.15) is 17.1 Å². The molecule has 30 heavy (non-hydrogen) atoms. The molecule has 0 fully saturated rings. The summed E-state index contributed by atoms with van der Waals surface area (Å²) in [6, 6.07) is 7.02. The van der Waals surface area contributed by atoms with Crippen molar-refractivity contribution in [2.75, 3.05) is 5.73 Å². The number of carbonyl (C=O) groups is 1. The summed E-state index contributed by atoms with van der Waals surface area (Å²) in [6.07, 6.45) is 6.41. The second-order valence-electron chi connectivity index (χ2n) is 7.17. The molecule has 4 N–H and O–H groups in total. The molecule has 8 nitrogen and oxygen atoms in total. The Balaban J connectivity index is 1.80. The zero-order valence-corrected chi connectivity index (χ0v) is 16.3. The van der Waals surface area contributed by atoms with Crippen molar-refractivity contribution in [3.05, 3.63) is 71.4 Å². The lowest BCUT2D eigenvalue weighted by Crippen LogP contribution is -2.09. The Kier molecular flexibility index (Phi) is 3.82. The minimum absolute atomic E-state index is 0.136. The molecule has 5 rings (SSSR count). The molecular weight excluding hydrogens is 380 g/mol. The Morgan fingerprint density at radius 3 is 2.73 bits per heavy atom. The van der Waals surface area contributed by atoms with Crippen molar-refractivity contribution < 1.29 is 9.90 Å². The van der Waals surface area contributed by atoms with Crippen LogP contribution in [0.4, 0.5) is 5.82 Å². The number of aromatic amines is 1. The summed E-state index contributed by atoms with van der Waals surface area (Å²) >= 11 is 0. The lowest BCUT2D eigenvalue weighted by Gasteiger charge is -2.15. The van der Waals surface area contributed by atoms with E-state index in [1.807, 2.05) is 13.0 Å². The molecule has 0 amide bonds. The van der Waals surface area contributed by atoms with Gasteiger partial charge in [0.15, 0.2) is 5.65 Å². The average Bonchev–Trinajstić information content (AvgIpc) is 3.30. The number of nitrogen functional groups attached to an aromatic ring is 1. The van der Waals surface area contributed by atoms with Crippen LogP contribution in [0.3, 0.4) is 0 Å². The lowest BCUT2D eigenvalue weighted by molar-refractivity contribution is 0.103. The maximum Gasteiger partial charge on any atom is 0.215 e. The first-order valence-corrected chi connectivity index (χ1v) is 9.35. The second kappa shape index (κ2) is 6.41. The number of aryl methyl sites for hydroxylation is 1. The van der Waals surface area contributed by atoms with Crippen LogP contribution in [-0.2, 0) is 0 Å². The first-order chi connectivity index (χ1) is 14.5. The van der Waals surface area contributed by atoms with E-state index in [0.29, 0.717) is 28.1 Å². The molecule has 4 aromatic heterocycles. The number of phenols is 1. The van der Waals surface area contributed by atoms with Crippen molar-refractivity contribution in [2.24, 2.45) is 0 Å².